The van der Waals surface area contributed by atoms with Crippen molar-refractivity contribution in [3.05, 3.63) is 83.7 Å². The molecular weight excluding hydrogens is 422 g/mol. The molecule has 6 heteroatoms. The van der Waals surface area contributed by atoms with E-state index < -0.39 is 0 Å². The molecule has 4 rings (SSSR count). The van der Waals surface area contributed by atoms with Crippen molar-refractivity contribution in [2.75, 3.05) is 11.2 Å². The van der Waals surface area contributed by atoms with E-state index in [1.165, 1.54) is 10.5 Å². The van der Waals surface area contributed by atoms with Gasteiger partial charge >= 0.3 is 0 Å². The molecule has 31 heavy (non-hydrogen) atoms. The van der Waals surface area contributed by atoms with Crippen LogP contribution in [-0.2, 0) is 17.8 Å². The summed E-state index contributed by atoms with van der Waals surface area (Å²) in [5, 5.41) is 0.722. The lowest BCUT2D eigenvalue weighted by molar-refractivity contribution is -0.118. The van der Waals surface area contributed by atoms with Crippen LogP contribution in [0.4, 0.5) is 5.13 Å². The normalized spacial score (nSPS) is 11.2. The molecule has 4 aromatic rings. The summed E-state index contributed by atoms with van der Waals surface area (Å²) in [7, 11) is 0. The van der Waals surface area contributed by atoms with Crippen LogP contribution in [0, 0.1) is 0 Å². The first kappa shape index (κ1) is 21.5. The Balaban J connectivity index is 1.69. The predicted molar refractivity (Wildman–Crippen MR) is 131 cm³/mol. The number of pyridine rings is 1. The standard InChI is InChI=1S/C25H25N3OS2/c1-17(2)21-8-6-9-22-24(21)27-25(31-22)28(16-19-7-4-5-14-26-19)23(29)15-18-10-12-20(30-3)13-11-18/h4-14,17H,15-16H2,1-3H3. The van der Waals surface area contributed by atoms with Crippen LogP contribution in [-0.4, -0.2) is 22.1 Å². The summed E-state index contributed by atoms with van der Waals surface area (Å²) in [5.41, 5.74) is 4.04. The minimum absolute atomic E-state index is 0.0210. The maximum atomic E-state index is 13.4. The lowest BCUT2D eigenvalue weighted by atomic mass is 10.0. The van der Waals surface area contributed by atoms with Gasteiger partial charge in [0.05, 0.1) is 28.9 Å². The highest BCUT2D eigenvalue weighted by Crippen LogP contribution is 2.34. The van der Waals surface area contributed by atoms with Crippen molar-refractivity contribution in [1.29, 1.82) is 0 Å². The minimum atomic E-state index is 0.0210. The van der Waals surface area contributed by atoms with E-state index >= 15 is 0 Å². The largest absolute Gasteiger partial charge is 0.282 e. The fraction of sp³-hybridized carbons (Fsp3) is 0.240. The molecule has 2 heterocycles. The molecule has 158 valence electrons. The number of benzene rings is 2. The molecule has 0 aliphatic heterocycles. The Kier molecular flexibility index (Phi) is 6.68. The van der Waals surface area contributed by atoms with Crippen molar-refractivity contribution in [3.63, 3.8) is 0 Å². The highest BCUT2D eigenvalue weighted by molar-refractivity contribution is 7.98. The van der Waals surface area contributed by atoms with Gasteiger partial charge in [0.25, 0.3) is 0 Å². The monoisotopic (exact) mass is 447 g/mol. The minimum Gasteiger partial charge on any atom is -0.282 e. The van der Waals surface area contributed by atoms with Crippen molar-refractivity contribution >= 4 is 44.4 Å². The molecular formula is C25H25N3OS2. The first-order chi connectivity index (χ1) is 15.0. The molecule has 0 aliphatic carbocycles. The van der Waals surface area contributed by atoms with E-state index in [1.807, 2.05) is 36.6 Å². The molecule has 0 fully saturated rings. The van der Waals surface area contributed by atoms with Gasteiger partial charge in [-0.25, -0.2) is 4.98 Å². The number of para-hydroxylation sites is 1. The molecule has 0 saturated heterocycles. The van der Waals surface area contributed by atoms with E-state index in [1.54, 1.807) is 34.2 Å². The molecule has 0 N–H and O–H groups in total. The summed E-state index contributed by atoms with van der Waals surface area (Å²) in [6, 6.07) is 20.2. The molecule has 0 bridgehead atoms. The van der Waals surface area contributed by atoms with Crippen molar-refractivity contribution in [3.8, 4) is 0 Å². The van der Waals surface area contributed by atoms with Crippen LogP contribution in [0.2, 0.25) is 0 Å². The number of carbonyl (C=O) groups excluding carboxylic acids is 1. The Morgan fingerprint density at radius 3 is 2.55 bits per heavy atom. The first-order valence-electron chi connectivity index (χ1n) is 10.3. The number of hydrogen-bond donors (Lipinski definition) is 0. The summed E-state index contributed by atoms with van der Waals surface area (Å²) in [6.45, 7) is 4.74. The van der Waals surface area contributed by atoms with Gasteiger partial charge in [0.2, 0.25) is 5.91 Å². The molecule has 2 aromatic carbocycles. The van der Waals surface area contributed by atoms with Gasteiger partial charge in [-0.3, -0.25) is 14.7 Å². The van der Waals surface area contributed by atoms with Gasteiger partial charge in [-0.2, -0.15) is 0 Å². The number of rotatable bonds is 7. The van der Waals surface area contributed by atoms with Crippen molar-refractivity contribution in [2.24, 2.45) is 0 Å². The van der Waals surface area contributed by atoms with Crippen molar-refractivity contribution in [1.82, 2.24) is 9.97 Å². The quantitative estimate of drug-likeness (QED) is 0.311. The summed E-state index contributed by atoms with van der Waals surface area (Å²) in [4.78, 5) is 25.7. The number of nitrogens with zero attached hydrogens (tertiary/aromatic N) is 3. The van der Waals surface area contributed by atoms with Gasteiger partial charge in [-0.05, 0) is 53.6 Å². The Morgan fingerprint density at radius 1 is 1.06 bits per heavy atom. The average molecular weight is 448 g/mol. The second-order valence-corrected chi connectivity index (χ2v) is 9.56. The zero-order chi connectivity index (χ0) is 21.8. The number of aromatic nitrogens is 2. The van der Waals surface area contributed by atoms with E-state index in [2.05, 4.69) is 49.2 Å². The smallest absolute Gasteiger partial charge is 0.233 e. The van der Waals surface area contributed by atoms with Crippen LogP contribution < -0.4 is 4.90 Å². The Morgan fingerprint density at radius 2 is 1.87 bits per heavy atom. The maximum absolute atomic E-state index is 13.4. The van der Waals surface area contributed by atoms with Crippen LogP contribution in [0.1, 0.15) is 36.6 Å². The average Bonchev–Trinajstić information content (AvgIpc) is 3.22. The molecule has 0 unspecified atom stereocenters. The highest BCUT2D eigenvalue weighted by atomic mass is 32.2. The topological polar surface area (TPSA) is 46.1 Å². The zero-order valence-corrected chi connectivity index (χ0v) is 19.5. The number of anilines is 1. The van der Waals surface area contributed by atoms with E-state index in [0.717, 1.165) is 26.6 Å². The van der Waals surface area contributed by atoms with Crippen LogP contribution in [0.15, 0.2) is 71.8 Å². The zero-order valence-electron chi connectivity index (χ0n) is 17.9. The van der Waals surface area contributed by atoms with Crippen LogP contribution in [0.25, 0.3) is 10.2 Å². The maximum Gasteiger partial charge on any atom is 0.233 e. The summed E-state index contributed by atoms with van der Waals surface area (Å²) < 4.78 is 1.10. The van der Waals surface area contributed by atoms with Crippen LogP contribution in [0.5, 0.6) is 0 Å². The van der Waals surface area contributed by atoms with Crippen molar-refractivity contribution in [2.45, 2.75) is 37.6 Å². The number of fused-ring (bicyclic) bond motifs is 1. The second kappa shape index (κ2) is 9.62. The molecule has 0 aliphatic rings. The predicted octanol–water partition coefficient (Wildman–Crippen LogP) is 6.31. The van der Waals surface area contributed by atoms with E-state index in [9.17, 15) is 4.79 Å². The molecule has 4 nitrogen and oxygen atoms in total. The second-order valence-electron chi connectivity index (χ2n) is 7.67. The van der Waals surface area contributed by atoms with E-state index in [-0.39, 0.29) is 5.91 Å². The van der Waals surface area contributed by atoms with E-state index in [4.69, 9.17) is 4.98 Å². The van der Waals surface area contributed by atoms with E-state index in [0.29, 0.717) is 18.9 Å². The number of amides is 1. The third-order valence-corrected chi connectivity index (χ3v) is 6.94. The highest BCUT2D eigenvalue weighted by Gasteiger charge is 2.22. The summed E-state index contributed by atoms with van der Waals surface area (Å²) in [5.74, 6) is 0.390. The fourth-order valence-electron chi connectivity index (χ4n) is 3.47. The van der Waals surface area contributed by atoms with Gasteiger partial charge in [-0.1, -0.05) is 55.5 Å². The van der Waals surface area contributed by atoms with Gasteiger partial charge < -0.3 is 0 Å². The molecule has 1 amide bonds. The Labute approximate surface area is 191 Å². The third-order valence-electron chi connectivity index (χ3n) is 5.15. The van der Waals surface area contributed by atoms with Gasteiger partial charge in [0, 0.05) is 11.1 Å². The van der Waals surface area contributed by atoms with Crippen LogP contribution >= 0.6 is 23.1 Å². The lowest BCUT2D eigenvalue weighted by Gasteiger charge is -2.19. The molecule has 0 spiro atoms. The SMILES string of the molecule is CSc1ccc(CC(=O)N(Cc2ccccn2)c2nc3c(C(C)C)cccc3s2)cc1. The van der Waals surface area contributed by atoms with Crippen molar-refractivity contribution < 1.29 is 4.79 Å². The lowest BCUT2D eigenvalue weighted by Crippen LogP contribution is -2.32. The Bertz CT molecular complexity index is 1170. The molecule has 0 saturated carbocycles. The fourth-order valence-corrected chi connectivity index (χ4v) is 4.89. The Hall–Kier alpha value is -2.70. The van der Waals surface area contributed by atoms with Crippen LogP contribution in [0.3, 0.4) is 0 Å². The first-order valence-corrected chi connectivity index (χ1v) is 12.3. The van der Waals surface area contributed by atoms with Gasteiger partial charge in [0.15, 0.2) is 5.13 Å². The van der Waals surface area contributed by atoms with Gasteiger partial charge in [-0.15, -0.1) is 11.8 Å². The summed E-state index contributed by atoms with van der Waals surface area (Å²) >= 11 is 3.26. The number of carbonyl (C=O) groups is 1. The van der Waals surface area contributed by atoms with Gasteiger partial charge in [0.1, 0.15) is 0 Å². The molecule has 2 aromatic heterocycles. The molecule has 0 radical (unpaired) electrons. The molecule has 0 atom stereocenters. The number of hydrogen-bond acceptors (Lipinski definition) is 5. The summed E-state index contributed by atoms with van der Waals surface area (Å²) in [6.07, 6.45) is 4.14. The number of thioether (sulfide) groups is 1. The third kappa shape index (κ3) is 4.97. The number of thiazole rings is 1.